The Hall–Kier alpha value is -2.27. The first-order chi connectivity index (χ1) is 9.13. The van der Waals surface area contributed by atoms with Crippen LogP contribution in [0.1, 0.15) is 16.1 Å². The molecule has 0 unspecified atom stereocenters. The van der Waals surface area contributed by atoms with Crippen molar-refractivity contribution in [1.29, 1.82) is 0 Å². The molecule has 0 saturated heterocycles. The molecule has 2 aromatic heterocycles. The van der Waals surface area contributed by atoms with E-state index in [4.69, 9.17) is 11.6 Å². The monoisotopic (exact) mass is 274 g/mol. The van der Waals surface area contributed by atoms with Crippen LogP contribution in [0.5, 0.6) is 0 Å². The van der Waals surface area contributed by atoms with E-state index in [9.17, 15) is 4.79 Å². The number of carbonyl (C=O) groups is 1. The van der Waals surface area contributed by atoms with Gasteiger partial charge in [-0.1, -0.05) is 11.6 Å². The lowest BCUT2D eigenvalue weighted by Crippen LogP contribution is -2.12. The normalized spacial score (nSPS) is 10.8. The number of nitrogens with zero attached hydrogens (tertiary/aromatic N) is 1. The van der Waals surface area contributed by atoms with Crippen LogP contribution in [0.15, 0.2) is 30.5 Å². The molecule has 5 nitrogen and oxygen atoms in total. The maximum Gasteiger partial charge on any atom is 0.258 e. The van der Waals surface area contributed by atoms with Gasteiger partial charge in [-0.2, -0.15) is 5.10 Å². The van der Waals surface area contributed by atoms with Crippen LogP contribution in [0.25, 0.3) is 10.9 Å². The average molecular weight is 275 g/mol. The number of hydrogen-bond acceptors (Lipinski definition) is 2. The second-order valence-electron chi connectivity index (χ2n) is 4.30. The van der Waals surface area contributed by atoms with Crippen LogP contribution >= 0.6 is 11.6 Å². The smallest absolute Gasteiger partial charge is 0.258 e. The summed E-state index contributed by atoms with van der Waals surface area (Å²) in [6.07, 6.45) is 1.57. The lowest BCUT2D eigenvalue weighted by molar-refractivity contribution is 0.102. The third kappa shape index (κ3) is 2.20. The topological polar surface area (TPSA) is 73.6 Å². The molecular formula is C13H11ClN4O. The number of nitrogens with one attached hydrogen (secondary N) is 3. The van der Waals surface area contributed by atoms with Gasteiger partial charge < -0.3 is 10.3 Å². The van der Waals surface area contributed by atoms with E-state index >= 15 is 0 Å². The number of aromatic amines is 2. The summed E-state index contributed by atoms with van der Waals surface area (Å²) in [5.41, 5.74) is 2.38. The molecule has 0 aliphatic heterocycles. The predicted octanol–water partition coefficient (Wildman–Crippen LogP) is 3.11. The Kier molecular flexibility index (Phi) is 2.76. The first kappa shape index (κ1) is 11.8. The number of H-pyrrole nitrogens is 2. The van der Waals surface area contributed by atoms with Crippen LogP contribution in [-0.2, 0) is 0 Å². The number of hydrogen-bond donors (Lipinski definition) is 3. The van der Waals surface area contributed by atoms with Crippen LogP contribution in [0.4, 0.5) is 5.82 Å². The molecule has 6 heteroatoms. The zero-order valence-corrected chi connectivity index (χ0v) is 10.9. The Balaban J connectivity index is 1.99. The van der Waals surface area contributed by atoms with Gasteiger partial charge in [-0.05, 0) is 25.1 Å². The number of halogens is 1. The molecule has 0 atom stereocenters. The van der Waals surface area contributed by atoms with Crippen molar-refractivity contribution in [3.8, 4) is 0 Å². The van der Waals surface area contributed by atoms with E-state index in [2.05, 4.69) is 20.5 Å². The van der Waals surface area contributed by atoms with Crippen molar-refractivity contribution in [2.45, 2.75) is 6.92 Å². The van der Waals surface area contributed by atoms with Gasteiger partial charge in [0.1, 0.15) is 5.82 Å². The molecule has 0 fully saturated rings. The van der Waals surface area contributed by atoms with E-state index in [1.54, 1.807) is 24.4 Å². The Morgan fingerprint density at radius 3 is 2.95 bits per heavy atom. The van der Waals surface area contributed by atoms with E-state index in [1.165, 1.54) is 0 Å². The maximum atomic E-state index is 12.1. The van der Waals surface area contributed by atoms with Gasteiger partial charge >= 0.3 is 0 Å². The standard InChI is InChI=1S/C13H11ClN4O/c1-7-4-8-5-9(10(14)6-11(8)16-7)13(19)17-12-2-3-15-18-12/h2-6,16H,1H3,(H2,15,17,18,19). The van der Waals surface area contributed by atoms with Gasteiger partial charge in [0.2, 0.25) is 0 Å². The third-order valence-electron chi connectivity index (χ3n) is 2.84. The van der Waals surface area contributed by atoms with Gasteiger partial charge in [-0.3, -0.25) is 9.89 Å². The van der Waals surface area contributed by atoms with Gasteiger partial charge in [0.05, 0.1) is 16.8 Å². The summed E-state index contributed by atoms with van der Waals surface area (Å²) in [7, 11) is 0. The minimum atomic E-state index is -0.269. The van der Waals surface area contributed by atoms with Crippen molar-refractivity contribution in [2.24, 2.45) is 0 Å². The van der Waals surface area contributed by atoms with Gasteiger partial charge in [0.15, 0.2) is 0 Å². The molecule has 0 aliphatic carbocycles. The van der Waals surface area contributed by atoms with Crippen molar-refractivity contribution in [1.82, 2.24) is 15.2 Å². The summed E-state index contributed by atoms with van der Waals surface area (Å²) in [6, 6.07) is 7.17. The molecule has 3 aromatic rings. The Morgan fingerprint density at radius 1 is 1.37 bits per heavy atom. The highest BCUT2D eigenvalue weighted by atomic mass is 35.5. The molecule has 1 amide bonds. The van der Waals surface area contributed by atoms with Crippen molar-refractivity contribution in [3.05, 3.63) is 46.7 Å². The summed E-state index contributed by atoms with van der Waals surface area (Å²) in [6.45, 7) is 1.96. The minimum absolute atomic E-state index is 0.269. The summed E-state index contributed by atoms with van der Waals surface area (Å²) in [4.78, 5) is 15.3. The molecule has 0 bridgehead atoms. The highest BCUT2D eigenvalue weighted by molar-refractivity contribution is 6.35. The minimum Gasteiger partial charge on any atom is -0.359 e. The average Bonchev–Trinajstić information content (AvgIpc) is 2.96. The molecular weight excluding hydrogens is 264 g/mol. The fraction of sp³-hybridized carbons (Fsp3) is 0.0769. The quantitative estimate of drug-likeness (QED) is 0.672. The number of carbonyl (C=O) groups excluding carboxylic acids is 1. The van der Waals surface area contributed by atoms with Crippen molar-refractivity contribution < 1.29 is 4.79 Å². The molecule has 0 aliphatic rings. The summed E-state index contributed by atoms with van der Waals surface area (Å²) in [5, 5.41) is 10.5. The van der Waals surface area contributed by atoms with E-state index in [1.807, 2.05) is 13.0 Å². The number of benzene rings is 1. The molecule has 0 radical (unpaired) electrons. The highest BCUT2D eigenvalue weighted by Gasteiger charge is 2.13. The Labute approximate surface area is 114 Å². The Morgan fingerprint density at radius 2 is 2.21 bits per heavy atom. The predicted molar refractivity (Wildman–Crippen MR) is 74.6 cm³/mol. The molecule has 2 heterocycles. The fourth-order valence-electron chi connectivity index (χ4n) is 1.99. The number of anilines is 1. The van der Waals surface area contributed by atoms with Crippen LogP contribution in [0.2, 0.25) is 5.02 Å². The molecule has 3 rings (SSSR count). The maximum absolute atomic E-state index is 12.1. The number of fused-ring (bicyclic) bond motifs is 1. The summed E-state index contributed by atoms with van der Waals surface area (Å²) >= 11 is 6.14. The number of aromatic nitrogens is 3. The number of aryl methyl sites for hydroxylation is 1. The molecule has 3 N–H and O–H groups in total. The van der Waals surface area contributed by atoms with Gasteiger partial charge in [-0.15, -0.1) is 0 Å². The van der Waals surface area contributed by atoms with Crippen LogP contribution in [0, 0.1) is 6.92 Å². The Bertz CT molecular complexity index is 745. The third-order valence-corrected chi connectivity index (χ3v) is 3.15. The van der Waals surface area contributed by atoms with Gasteiger partial charge in [0, 0.05) is 22.7 Å². The highest BCUT2D eigenvalue weighted by Crippen LogP contribution is 2.25. The SMILES string of the molecule is Cc1cc2cc(C(=O)Nc3ccn[nH]3)c(Cl)cc2[nH]1. The van der Waals surface area contributed by atoms with Crippen molar-refractivity contribution >= 4 is 34.2 Å². The van der Waals surface area contributed by atoms with Crippen LogP contribution < -0.4 is 5.32 Å². The van der Waals surface area contributed by atoms with Crippen molar-refractivity contribution in [3.63, 3.8) is 0 Å². The second kappa shape index (κ2) is 4.44. The van der Waals surface area contributed by atoms with Crippen LogP contribution in [-0.4, -0.2) is 21.1 Å². The lowest BCUT2D eigenvalue weighted by Gasteiger charge is -2.05. The molecule has 1 aromatic carbocycles. The van der Waals surface area contributed by atoms with Crippen LogP contribution in [0.3, 0.4) is 0 Å². The first-order valence-corrected chi connectivity index (χ1v) is 6.11. The van der Waals surface area contributed by atoms with E-state index < -0.39 is 0 Å². The summed E-state index contributed by atoms with van der Waals surface area (Å²) < 4.78 is 0. The zero-order chi connectivity index (χ0) is 13.4. The summed E-state index contributed by atoms with van der Waals surface area (Å²) in [5.74, 6) is 0.265. The fourth-order valence-corrected chi connectivity index (χ4v) is 2.24. The largest absolute Gasteiger partial charge is 0.359 e. The van der Waals surface area contributed by atoms with E-state index in [0.717, 1.165) is 16.6 Å². The molecule has 0 spiro atoms. The molecule has 19 heavy (non-hydrogen) atoms. The molecule has 96 valence electrons. The van der Waals surface area contributed by atoms with E-state index in [0.29, 0.717) is 16.4 Å². The lowest BCUT2D eigenvalue weighted by atomic mass is 10.1. The van der Waals surface area contributed by atoms with Gasteiger partial charge in [-0.25, -0.2) is 0 Å². The second-order valence-corrected chi connectivity index (χ2v) is 4.70. The number of amides is 1. The number of rotatable bonds is 2. The van der Waals surface area contributed by atoms with Gasteiger partial charge in [0.25, 0.3) is 5.91 Å². The van der Waals surface area contributed by atoms with Crippen molar-refractivity contribution in [2.75, 3.05) is 5.32 Å². The molecule has 0 saturated carbocycles. The first-order valence-electron chi connectivity index (χ1n) is 5.73. The van der Waals surface area contributed by atoms with E-state index in [-0.39, 0.29) is 5.91 Å². The zero-order valence-electron chi connectivity index (χ0n) is 10.1.